The lowest BCUT2D eigenvalue weighted by atomic mass is 10.3. The van der Waals surface area contributed by atoms with Crippen molar-refractivity contribution in [2.75, 3.05) is 37.8 Å². The highest BCUT2D eigenvalue weighted by Crippen LogP contribution is 2.22. The maximum Gasteiger partial charge on any atom is 0.141 e. The van der Waals surface area contributed by atoms with Gasteiger partial charge in [-0.2, -0.15) is 0 Å². The molecule has 1 aromatic heterocycles. The lowest BCUT2D eigenvalue weighted by Gasteiger charge is -2.12. The third-order valence-electron chi connectivity index (χ3n) is 2.90. The van der Waals surface area contributed by atoms with Crippen LogP contribution in [0.4, 0.5) is 21.7 Å². The summed E-state index contributed by atoms with van der Waals surface area (Å²) in [6.45, 7) is 3.50. The Morgan fingerprint density at radius 2 is 1.91 bits per heavy atom. The van der Waals surface area contributed by atoms with E-state index in [2.05, 4.69) is 25.5 Å². The van der Waals surface area contributed by atoms with Crippen LogP contribution in [0.3, 0.4) is 0 Å². The molecule has 0 aliphatic carbocycles. The molecule has 0 saturated carbocycles. The van der Waals surface area contributed by atoms with Crippen molar-refractivity contribution in [1.82, 2.24) is 14.9 Å². The monoisotopic (exact) mass is 323 g/mol. The van der Waals surface area contributed by atoms with Crippen molar-refractivity contribution >= 4 is 28.9 Å². The molecular formula is C15H19ClFN5. The van der Waals surface area contributed by atoms with Crippen LogP contribution in [-0.4, -0.2) is 42.1 Å². The van der Waals surface area contributed by atoms with E-state index in [9.17, 15) is 4.39 Å². The summed E-state index contributed by atoms with van der Waals surface area (Å²) < 4.78 is 13.2. The fraction of sp³-hybridized carbons (Fsp3) is 0.333. The predicted molar refractivity (Wildman–Crippen MR) is 88.5 cm³/mol. The molecule has 2 N–H and O–H groups in total. The summed E-state index contributed by atoms with van der Waals surface area (Å²) in [6.07, 6.45) is 0. The Morgan fingerprint density at radius 1 is 1.18 bits per heavy atom. The second-order valence-corrected chi connectivity index (χ2v) is 5.58. The Bertz CT molecular complexity index is 648. The molecular weight excluding hydrogens is 305 g/mol. The van der Waals surface area contributed by atoms with E-state index in [-0.39, 0.29) is 5.02 Å². The number of aromatic nitrogens is 2. The summed E-state index contributed by atoms with van der Waals surface area (Å²) in [4.78, 5) is 10.7. The molecule has 22 heavy (non-hydrogen) atoms. The van der Waals surface area contributed by atoms with Gasteiger partial charge in [0, 0.05) is 24.8 Å². The molecule has 5 nitrogen and oxygen atoms in total. The van der Waals surface area contributed by atoms with Crippen LogP contribution >= 0.6 is 11.6 Å². The molecule has 2 aromatic rings. The molecule has 0 spiro atoms. The number of nitrogens with one attached hydrogen (secondary N) is 2. The summed E-state index contributed by atoms with van der Waals surface area (Å²) in [5.74, 6) is 1.57. The smallest absolute Gasteiger partial charge is 0.141 e. The van der Waals surface area contributed by atoms with Crippen LogP contribution in [0, 0.1) is 12.7 Å². The molecule has 0 bridgehead atoms. The number of anilines is 3. The van der Waals surface area contributed by atoms with Gasteiger partial charge in [-0.05, 0) is 39.2 Å². The first-order chi connectivity index (χ1) is 10.4. The van der Waals surface area contributed by atoms with Crippen LogP contribution in [0.15, 0.2) is 24.3 Å². The van der Waals surface area contributed by atoms with Gasteiger partial charge in [0.15, 0.2) is 0 Å². The molecule has 2 rings (SSSR count). The van der Waals surface area contributed by atoms with Gasteiger partial charge in [-0.15, -0.1) is 0 Å². The number of likely N-dealkylation sites (N-methyl/N-ethyl adjacent to an activating group) is 1. The molecule has 1 heterocycles. The zero-order chi connectivity index (χ0) is 16.1. The van der Waals surface area contributed by atoms with Crippen LogP contribution in [0.1, 0.15) is 5.82 Å². The van der Waals surface area contributed by atoms with Crippen molar-refractivity contribution < 1.29 is 4.39 Å². The molecule has 0 unspecified atom stereocenters. The lowest BCUT2D eigenvalue weighted by Crippen LogP contribution is -2.21. The van der Waals surface area contributed by atoms with Gasteiger partial charge in [0.05, 0.1) is 5.02 Å². The molecule has 1 aromatic carbocycles. The van der Waals surface area contributed by atoms with Crippen LogP contribution in [0.2, 0.25) is 5.02 Å². The van der Waals surface area contributed by atoms with E-state index >= 15 is 0 Å². The molecule has 0 atom stereocenters. The summed E-state index contributed by atoms with van der Waals surface area (Å²) in [5, 5.41) is 6.41. The minimum atomic E-state index is -0.447. The number of hydrogen-bond donors (Lipinski definition) is 2. The summed E-state index contributed by atoms with van der Waals surface area (Å²) >= 11 is 5.78. The van der Waals surface area contributed by atoms with Crippen molar-refractivity contribution in [1.29, 1.82) is 0 Å². The van der Waals surface area contributed by atoms with E-state index in [1.807, 2.05) is 21.0 Å². The van der Waals surface area contributed by atoms with Gasteiger partial charge in [-0.3, -0.25) is 0 Å². The van der Waals surface area contributed by atoms with Gasteiger partial charge in [-0.1, -0.05) is 11.6 Å². The van der Waals surface area contributed by atoms with Gasteiger partial charge in [-0.25, -0.2) is 14.4 Å². The van der Waals surface area contributed by atoms with E-state index < -0.39 is 5.82 Å². The SMILES string of the molecule is Cc1nc(NCCN(C)C)cc(Nc2ccc(F)c(Cl)c2)n1. The quantitative estimate of drug-likeness (QED) is 0.854. The van der Waals surface area contributed by atoms with E-state index in [0.29, 0.717) is 17.3 Å². The molecule has 0 fully saturated rings. The van der Waals surface area contributed by atoms with E-state index in [1.54, 1.807) is 12.1 Å². The van der Waals surface area contributed by atoms with Crippen molar-refractivity contribution in [2.24, 2.45) is 0 Å². The first-order valence-electron chi connectivity index (χ1n) is 6.90. The Labute approximate surface area is 134 Å². The number of nitrogens with zero attached hydrogens (tertiary/aromatic N) is 3. The molecule has 0 radical (unpaired) electrons. The Kier molecular flexibility index (Phi) is 5.51. The van der Waals surface area contributed by atoms with Gasteiger partial charge < -0.3 is 15.5 Å². The van der Waals surface area contributed by atoms with Crippen molar-refractivity contribution in [3.05, 3.63) is 40.9 Å². The minimum absolute atomic E-state index is 0.0695. The van der Waals surface area contributed by atoms with Crippen LogP contribution in [0.5, 0.6) is 0 Å². The molecule has 0 saturated heterocycles. The topological polar surface area (TPSA) is 53.1 Å². The van der Waals surface area contributed by atoms with Crippen molar-refractivity contribution in [2.45, 2.75) is 6.92 Å². The first-order valence-corrected chi connectivity index (χ1v) is 7.28. The number of benzene rings is 1. The van der Waals surface area contributed by atoms with Crippen LogP contribution < -0.4 is 10.6 Å². The molecule has 0 amide bonds. The van der Waals surface area contributed by atoms with Crippen LogP contribution in [0.25, 0.3) is 0 Å². The lowest BCUT2D eigenvalue weighted by molar-refractivity contribution is 0.425. The number of halogens is 2. The van der Waals surface area contributed by atoms with Gasteiger partial charge in [0.1, 0.15) is 23.3 Å². The average Bonchev–Trinajstić information content (AvgIpc) is 2.42. The Morgan fingerprint density at radius 3 is 2.59 bits per heavy atom. The fourth-order valence-electron chi connectivity index (χ4n) is 1.85. The largest absolute Gasteiger partial charge is 0.369 e. The molecule has 118 valence electrons. The normalized spacial score (nSPS) is 10.8. The maximum atomic E-state index is 13.2. The minimum Gasteiger partial charge on any atom is -0.369 e. The maximum absolute atomic E-state index is 13.2. The summed E-state index contributed by atoms with van der Waals surface area (Å²) in [6, 6.07) is 6.25. The number of aryl methyl sites for hydroxylation is 1. The second-order valence-electron chi connectivity index (χ2n) is 5.17. The predicted octanol–water partition coefficient (Wildman–Crippen LogP) is 3.29. The second kappa shape index (κ2) is 7.38. The van der Waals surface area contributed by atoms with Crippen molar-refractivity contribution in [3.8, 4) is 0 Å². The van der Waals surface area contributed by atoms with Gasteiger partial charge in [0.2, 0.25) is 0 Å². The van der Waals surface area contributed by atoms with E-state index in [4.69, 9.17) is 11.6 Å². The summed E-state index contributed by atoms with van der Waals surface area (Å²) in [5.41, 5.74) is 0.670. The standard InChI is InChI=1S/C15H19ClFN5/c1-10-19-14(18-6-7-22(2)3)9-15(20-10)21-11-4-5-13(17)12(16)8-11/h4-5,8-9H,6-7H2,1-3H3,(H2,18,19,20,21). The fourth-order valence-corrected chi connectivity index (χ4v) is 2.03. The highest BCUT2D eigenvalue weighted by atomic mass is 35.5. The van der Waals surface area contributed by atoms with Gasteiger partial charge >= 0.3 is 0 Å². The van der Waals surface area contributed by atoms with E-state index in [1.165, 1.54) is 12.1 Å². The highest BCUT2D eigenvalue weighted by Gasteiger charge is 2.05. The van der Waals surface area contributed by atoms with Crippen LogP contribution in [-0.2, 0) is 0 Å². The number of rotatable bonds is 6. The Hall–Kier alpha value is -1.92. The van der Waals surface area contributed by atoms with Crippen molar-refractivity contribution in [3.63, 3.8) is 0 Å². The molecule has 7 heteroatoms. The van der Waals surface area contributed by atoms with Gasteiger partial charge in [0.25, 0.3) is 0 Å². The first kappa shape index (κ1) is 16.5. The Balaban J connectivity index is 2.10. The van der Waals surface area contributed by atoms with E-state index in [0.717, 1.165) is 18.9 Å². The number of hydrogen-bond acceptors (Lipinski definition) is 5. The third kappa shape index (κ3) is 4.82. The zero-order valence-electron chi connectivity index (χ0n) is 12.8. The highest BCUT2D eigenvalue weighted by molar-refractivity contribution is 6.31. The summed E-state index contributed by atoms with van der Waals surface area (Å²) in [7, 11) is 4.02. The molecule has 0 aliphatic heterocycles. The average molecular weight is 324 g/mol. The zero-order valence-corrected chi connectivity index (χ0v) is 13.6. The third-order valence-corrected chi connectivity index (χ3v) is 3.18. The molecule has 0 aliphatic rings.